The zero-order valence-corrected chi connectivity index (χ0v) is 16.4. The van der Waals surface area contributed by atoms with Crippen LogP contribution in [0.1, 0.15) is 55.4 Å². The van der Waals surface area contributed by atoms with Crippen LogP contribution in [-0.4, -0.2) is 52.9 Å². The maximum absolute atomic E-state index is 13.1. The Kier molecular flexibility index (Phi) is 6.05. The van der Waals surface area contributed by atoms with Gasteiger partial charge in [0, 0.05) is 20.0 Å². The number of aldehydes is 1. The number of hydrogen-bond donors (Lipinski definition) is 2. The van der Waals surface area contributed by atoms with Gasteiger partial charge < -0.3 is 19.8 Å². The summed E-state index contributed by atoms with van der Waals surface area (Å²) in [5, 5.41) is 5.06. The van der Waals surface area contributed by atoms with Crippen LogP contribution in [0.25, 0.3) is 0 Å². The van der Waals surface area contributed by atoms with Gasteiger partial charge in [0.15, 0.2) is 6.39 Å². The first kappa shape index (κ1) is 20.9. The lowest BCUT2D eigenvalue weighted by atomic mass is 10.0. The summed E-state index contributed by atoms with van der Waals surface area (Å²) >= 11 is 0. The number of nitrogens with zero attached hydrogens (tertiary/aromatic N) is 2. The first-order valence-electron chi connectivity index (χ1n) is 9.24. The van der Waals surface area contributed by atoms with E-state index in [4.69, 9.17) is 4.42 Å². The smallest absolute Gasteiger partial charge is 0.289 e. The van der Waals surface area contributed by atoms with Gasteiger partial charge in [-0.05, 0) is 25.0 Å². The number of hydrogen-bond acceptors (Lipinski definition) is 7. The molecule has 10 nitrogen and oxygen atoms in total. The minimum absolute atomic E-state index is 0.0188. The molecule has 4 amide bonds. The van der Waals surface area contributed by atoms with Crippen LogP contribution in [0.15, 0.2) is 29.0 Å². The molecule has 30 heavy (non-hydrogen) atoms. The first-order valence-corrected chi connectivity index (χ1v) is 9.24. The van der Waals surface area contributed by atoms with Crippen LogP contribution in [0.5, 0.6) is 0 Å². The minimum atomic E-state index is -1.10. The Hall–Kier alpha value is -3.82. The largest absolute Gasteiger partial charge is 0.438 e. The molecule has 10 heteroatoms. The van der Waals surface area contributed by atoms with Crippen molar-refractivity contribution in [3.63, 3.8) is 0 Å². The Bertz CT molecular complexity index is 1030. The summed E-state index contributed by atoms with van der Waals surface area (Å²) in [6.07, 6.45) is 1.82. The highest BCUT2D eigenvalue weighted by Crippen LogP contribution is 2.29. The molecule has 0 spiro atoms. The number of aryl methyl sites for hydroxylation is 1. The highest BCUT2D eigenvalue weighted by atomic mass is 16.3. The number of likely N-dealkylation sites (N-methyl/N-ethyl adjacent to an activating group) is 1. The predicted octanol–water partition coefficient (Wildman–Crippen LogP) is 0.603. The van der Waals surface area contributed by atoms with Crippen molar-refractivity contribution in [2.24, 2.45) is 0 Å². The van der Waals surface area contributed by atoms with Crippen LogP contribution in [0, 0.1) is 6.92 Å². The molecule has 1 aromatic carbocycles. The van der Waals surface area contributed by atoms with E-state index >= 15 is 0 Å². The molecule has 3 rings (SSSR count). The number of imide groups is 1. The van der Waals surface area contributed by atoms with Crippen LogP contribution in [-0.2, 0) is 16.1 Å². The van der Waals surface area contributed by atoms with Gasteiger partial charge in [-0.3, -0.25) is 24.1 Å². The second kappa shape index (κ2) is 8.68. The number of rotatable bonds is 8. The Morgan fingerprint density at radius 1 is 1.27 bits per heavy atom. The van der Waals surface area contributed by atoms with Crippen molar-refractivity contribution in [2.75, 3.05) is 7.05 Å². The van der Waals surface area contributed by atoms with Crippen molar-refractivity contribution in [3.8, 4) is 0 Å². The molecule has 1 aromatic heterocycles. The van der Waals surface area contributed by atoms with Gasteiger partial charge in [-0.15, -0.1) is 0 Å². The molecular weight excluding hydrogens is 392 g/mol. The number of benzene rings is 1. The minimum Gasteiger partial charge on any atom is -0.438 e. The lowest BCUT2D eigenvalue weighted by molar-refractivity contribution is -0.124. The van der Waals surface area contributed by atoms with Gasteiger partial charge in [0.05, 0.1) is 16.8 Å². The summed E-state index contributed by atoms with van der Waals surface area (Å²) in [6, 6.07) is 3.59. The molecule has 1 aliphatic rings. The number of carbonyl (C=O) groups excluding carboxylic acids is 5. The fourth-order valence-corrected chi connectivity index (χ4v) is 3.35. The molecule has 0 radical (unpaired) electrons. The molecule has 2 aromatic rings. The molecular formula is C20H20N4O6. The second-order valence-corrected chi connectivity index (χ2v) is 6.64. The zero-order chi connectivity index (χ0) is 21.8. The molecule has 0 aliphatic carbocycles. The zero-order valence-electron chi connectivity index (χ0n) is 16.4. The molecule has 0 bridgehead atoms. The average molecular weight is 412 g/mol. The van der Waals surface area contributed by atoms with E-state index in [-0.39, 0.29) is 36.3 Å². The summed E-state index contributed by atoms with van der Waals surface area (Å²) < 4.78 is 5.04. The highest BCUT2D eigenvalue weighted by Gasteiger charge is 2.43. The summed E-state index contributed by atoms with van der Waals surface area (Å²) in [5.41, 5.74) is 1.11. The standard InChI is InChI=1S/C20H20N4O6/c1-11-16(30-10-23-11)18(27)22-9-12-5-3-6-13-15(12)20(29)24(19(13)28)14(7-4-8-25)17(26)21-2/h3,5-6,8,10,14H,4,7,9H2,1-2H3,(H,21,26)(H,22,27). The Morgan fingerprint density at radius 2 is 2.03 bits per heavy atom. The lowest BCUT2D eigenvalue weighted by Crippen LogP contribution is -2.48. The normalized spacial score (nSPS) is 13.7. The predicted molar refractivity (Wildman–Crippen MR) is 103 cm³/mol. The first-order chi connectivity index (χ1) is 14.4. The average Bonchev–Trinajstić information content (AvgIpc) is 3.28. The van der Waals surface area contributed by atoms with Crippen LogP contribution >= 0.6 is 0 Å². The molecule has 1 unspecified atom stereocenters. The van der Waals surface area contributed by atoms with Crippen molar-refractivity contribution in [1.82, 2.24) is 20.5 Å². The Balaban J connectivity index is 1.87. The van der Waals surface area contributed by atoms with E-state index in [9.17, 15) is 24.0 Å². The molecule has 2 heterocycles. The van der Waals surface area contributed by atoms with E-state index in [0.717, 1.165) is 11.3 Å². The molecule has 0 saturated heterocycles. The van der Waals surface area contributed by atoms with E-state index in [1.165, 1.54) is 13.1 Å². The maximum Gasteiger partial charge on any atom is 0.289 e. The lowest BCUT2D eigenvalue weighted by Gasteiger charge is -2.24. The number of nitrogens with one attached hydrogen (secondary N) is 2. The summed E-state index contributed by atoms with van der Waals surface area (Å²) in [6.45, 7) is 1.59. The molecule has 0 saturated carbocycles. The maximum atomic E-state index is 13.1. The van der Waals surface area contributed by atoms with E-state index in [0.29, 0.717) is 17.5 Å². The number of oxazole rings is 1. The molecule has 1 atom stereocenters. The molecule has 1 aliphatic heterocycles. The third-order valence-corrected chi connectivity index (χ3v) is 4.84. The van der Waals surface area contributed by atoms with Crippen LogP contribution in [0.4, 0.5) is 0 Å². The summed E-state index contributed by atoms with van der Waals surface area (Å²) in [5.74, 6) is -2.25. The van der Waals surface area contributed by atoms with E-state index in [1.54, 1.807) is 19.1 Å². The number of aromatic nitrogens is 1. The van der Waals surface area contributed by atoms with Gasteiger partial charge >= 0.3 is 0 Å². The van der Waals surface area contributed by atoms with Crippen LogP contribution in [0.2, 0.25) is 0 Å². The van der Waals surface area contributed by atoms with Crippen molar-refractivity contribution in [2.45, 2.75) is 32.4 Å². The summed E-state index contributed by atoms with van der Waals surface area (Å²) in [4.78, 5) is 66.0. The third kappa shape index (κ3) is 3.71. The fraction of sp³-hybridized carbons (Fsp3) is 0.300. The number of carbonyl (C=O) groups is 5. The van der Waals surface area contributed by atoms with Crippen LogP contribution < -0.4 is 10.6 Å². The highest BCUT2D eigenvalue weighted by molar-refractivity contribution is 6.23. The molecule has 2 N–H and O–H groups in total. The summed E-state index contributed by atoms with van der Waals surface area (Å²) in [7, 11) is 1.39. The van der Waals surface area contributed by atoms with Gasteiger partial charge in [0.25, 0.3) is 17.7 Å². The van der Waals surface area contributed by atoms with Gasteiger partial charge in [0.2, 0.25) is 11.7 Å². The fourth-order valence-electron chi connectivity index (χ4n) is 3.35. The van der Waals surface area contributed by atoms with Gasteiger partial charge in [-0.2, -0.15) is 0 Å². The monoisotopic (exact) mass is 412 g/mol. The third-order valence-electron chi connectivity index (χ3n) is 4.84. The quantitative estimate of drug-likeness (QED) is 0.478. The van der Waals surface area contributed by atoms with Crippen molar-refractivity contribution in [1.29, 1.82) is 0 Å². The second-order valence-electron chi connectivity index (χ2n) is 6.64. The van der Waals surface area contributed by atoms with E-state index in [2.05, 4.69) is 15.6 Å². The van der Waals surface area contributed by atoms with Crippen LogP contribution in [0.3, 0.4) is 0 Å². The molecule has 0 fully saturated rings. The van der Waals surface area contributed by atoms with Crippen molar-refractivity contribution < 1.29 is 28.4 Å². The SMILES string of the molecule is CNC(=O)C(CCC=O)N1C(=O)c2cccc(CNC(=O)c3ocnc3C)c2C1=O. The number of fused-ring (bicyclic) bond motifs is 1. The van der Waals surface area contributed by atoms with Gasteiger partial charge in [-0.1, -0.05) is 12.1 Å². The topological polar surface area (TPSA) is 139 Å². The molecule has 156 valence electrons. The van der Waals surface area contributed by atoms with Crippen molar-refractivity contribution in [3.05, 3.63) is 52.7 Å². The van der Waals surface area contributed by atoms with Gasteiger partial charge in [0.1, 0.15) is 12.3 Å². The van der Waals surface area contributed by atoms with E-state index < -0.39 is 29.7 Å². The van der Waals surface area contributed by atoms with Crippen molar-refractivity contribution >= 4 is 29.9 Å². The Labute approximate surface area is 171 Å². The van der Waals surface area contributed by atoms with Gasteiger partial charge in [-0.25, -0.2) is 4.98 Å². The number of amides is 4. The van der Waals surface area contributed by atoms with E-state index in [1.807, 2.05) is 0 Å². The Morgan fingerprint density at radius 3 is 2.67 bits per heavy atom.